The number of halogens is 1. The van der Waals surface area contributed by atoms with Crippen LogP contribution in [0.4, 0.5) is 0 Å². The number of ether oxygens (including phenoxy) is 3. The van der Waals surface area contributed by atoms with Crippen molar-refractivity contribution in [2.75, 3.05) is 19.8 Å². The van der Waals surface area contributed by atoms with E-state index in [1.165, 1.54) is 0 Å². The van der Waals surface area contributed by atoms with Crippen molar-refractivity contribution in [2.45, 2.75) is 38.7 Å². The molecule has 0 amide bonds. The molecule has 0 fully saturated rings. The lowest BCUT2D eigenvalue weighted by Crippen LogP contribution is -2.23. The Kier molecular flexibility index (Phi) is 4.59. The normalized spacial score (nSPS) is 17.6. The van der Waals surface area contributed by atoms with Crippen LogP contribution < -0.4 is 9.47 Å². The largest absolute Gasteiger partial charge is 0.493 e. The number of benzene rings is 1. The Hall–Kier alpha value is -1.27. The summed E-state index contributed by atoms with van der Waals surface area (Å²) in [5.74, 6) is 0.700. The highest BCUT2D eigenvalue weighted by Crippen LogP contribution is 2.48. The van der Waals surface area contributed by atoms with Gasteiger partial charge in [0.2, 0.25) is 0 Å². The maximum Gasteiger partial charge on any atom is 0.339 e. The van der Waals surface area contributed by atoms with E-state index in [9.17, 15) is 9.90 Å². The van der Waals surface area contributed by atoms with E-state index in [0.717, 1.165) is 47.0 Å². The van der Waals surface area contributed by atoms with Gasteiger partial charge in [-0.2, -0.15) is 0 Å². The molecular formula is C16H19BrO5. The maximum absolute atomic E-state index is 12.0. The van der Waals surface area contributed by atoms with E-state index in [1.54, 1.807) is 6.92 Å². The summed E-state index contributed by atoms with van der Waals surface area (Å²) >= 11 is 3.60. The number of carbonyl (C=O) groups excluding carboxylic acids is 1. The van der Waals surface area contributed by atoms with Crippen LogP contribution in [0.3, 0.4) is 0 Å². The van der Waals surface area contributed by atoms with Crippen LogP contribution in [0.25, 0.3) is 0 Å². The first-order valence-corrected chi connectivity index (χ1v) is 8.41. The van der Waals surface area contributed by atoms with Crippen molar-refractivity contribution < 1.29 is 24.1 Å². The smallest absolute Gasteiger partial charge is 0.339 e. The summed E-state index contributed by atoms with van der Waals surface area (Å²) in [6.45, 7) is 3.17. The minimum absolute atomic E-state index is 0.230. The molecule has 0 spiro atoms. The average Bonchev–Trinajstić information content (AvgIpc) is 2.55. The van der Waals surface area contributed by atoms with Gasteiger partial charge in [0.15, 0.2) is 6.10 Å². The van der Waals surface area contributed by atoms with Crippen LogP contribution in [-0.4, -0.2) is 30.9 Å². The molecule has 2 aliphatic rings. The minimum atomic E-state index is -1.34. The van der Waals surface area contributed by atoms with Crippen molar-refractivity contribution in [3.05, 3.63) is 21.2 Å². The van der Waals surface area contributed by atoms with Gasteiger partial charge in [0.1, 0.15) is 11.5 Å². The Morgan fingerprint density at radius 1 is 1.23 bits per heavy atom. The second-order valence-corrected chi connectivity index (χ2v) is 6.19. The summed E-state index contributed by atoms with van der Waals surface area (Å²) in [4.78, 5) is 12.0. The molecule has 5 nitrogen and oxygen atoms in total. The van der Waals surface area contributed by atoms with Gasteiger partial charge in [0.05, 0.1) is 24.3 Å². The van der Waals surface area contributed by atoms with Crippen LogP contribution in [0.2, 0.25) is 0 Å². The molecule has 3 rings (SSSR count). The van der Waals surface area contributed by atoms with Crippen molar-refractivity contribution in [3.63, 3.8) is 0 Å². The molecule has 1 aromatic rings. The SMILES string of the molecule is CCOC(=O)C(O)c1c2c(c(Br)c3c1OCCC3)OCCC2. The van der Waals surface area contributed by atoms with E-state index < -0.39 is 12.1 Å². The number of hydrogen-bond donors (Lipinski definition) is 1. The van der Waals surface area contributed by atoms with Crippen LogP contribution in [0.1, 0.15) is 42.6 Å². The zero-order chi connectivity index (χ0) is 15.7. The average molecular weight is 371 g/mol. The number of esters is 1. The fraction of sp³-hybridized carbons (Fsp3) is 0.562. The zero-order valence-electron chi connectivity index (χ0n) is 12.5. The van der Waals surface area contributed by atoms with Gasteiger partial charge in [-0.15, -0.1) is 0 Å². The number of hydrogen-bond acceptors (Lipinski definition) is 5. The molecule has 1 atom stereocenters. The molecule has 0 aromatic heterocycles. The first kappa shape index (κ1) is 15.6. The van der Waals surface area contributed by atoms with Gasteiger partial charge in [-0.3, -0.25) is 0 Å². The van der Waals surface area contributed by atoms with Gasteiger partial charge in [0, 0.05) is 16.7 Å². The van der Waals surface area contributed by atoms with E-state index in [1.807, 2.05) is 0 Å². The van der Waals surface area contributed by atoms with E-state index in [0.29, 0.717) is 24.5 Å². The quantitative estimate of drug-likeness (QED) is 0.828. The molecule has 120 valence electrons. The third kappa shape index (κ3) is 2.58. The molecule has 0 aliphatic carbocycles. The van der Waals surface area contributed by atoms with Gasteiger partial charge in [-0.25, -0.2) is 4.79 Å². The molecule has 1 N–H and O–H groups in total. The molecule has 0 bridgehead atoms. The van der Waals surface area contributed by atoms with Crippen LogP contribution in [0, 0.1) is 0 Å². The van der Waals surface area contributed by atoms with Crippen molar-refractivity contribution in [2.24, 2.45) is 0 Å². The van der Waals surface area contributed by atoms with E-state index in [4.69, 9.17) is 14.2 Å². The summed E-state index contributed by atoms with van der Waals surface area (Å²) < 4.78 is 17.4. The monoisotopic (exact) mass is 370 g/mol. The molecule has 1 aromatic carbocycles. The van der Waals surface area contributed by atoms with Crippen molar-refractivity contribution in [3.8, 4) is 11.5 Å². The predicted octanol–water partition coefficient (Wildman–Crippen LogP) is 2.70. The molecule has 2 aliphatic heterocycles. The Morgan fingerprint density at radius 2 is 1.86 bits per heavy atom. The first-order valence-electron chi connectivity index (χ1n) is 7.62. The molecular weight excluding hydrogens is 352 g/mol. The van der Waals surface area contributed by atoms with Gasteiger partial charge >= 0.3 is 5.97 Å². The fourth-order valence-corrected chi connectivity index (χ4v) is 3.78. The Bertz CT molecular complexity index is 562. The van der Waals surface area contributed by atoms with Crippen LogP contribution in [-0.2, 0) is 22.4 Å². The Morgan fingerprint density at radius 3 is 2.55 bits per heavy atom. The minimum Gasteiger partial charge on any atom is -0.493 e. The lowest BCUT2D eigenvalue weighted by molar-refractivity contribution is -0.153. The second-order valence-electron chi connectivity index (χ2n) is 5.40. The summed E-state index contributed by atoms with van der Waals surface area (Å²) in [6, 6.07) is 0. The third-order valence-electron chi connectivity index (χ3n) is 4.00. The van der Waals surface area contributed by atoms with E-state index >= 15 is 0 Å². The van der Waals surface area contributed by atoms with Gasteiger partial charge < -0.3 is 19.3 Å². The van der Waals surface area contributed by atoms with E-state index in [-0.39, 0.29) is 6.61 Å². The molecule has 0 radical (unpaired) electrons. The molecule has 0 saturated heterocycles. The zero-order valence-corrected chi connectivity index (χ0v) is 14.1. The summed E-state index contributed by atoms with van der Waals surface area (Å²) in [5.41, 5.74) is 2.33. The topological polar surface area (TPSA) is 65.0 Å². The molecule has 6 heteroatoms. The van der Waals surface area contributed by atoms with Gasteiger partial charge in [-0.05, 0) is 48.5 Å². The Labute approximate surface area is 137 Å². The number of fused-ring (bicyclic) bond motifs is 2. The highest BCUT2D eigenvalue weighted by molar-refractivity contribution is 9.10. The molecule has 0 saturated carbocycles. The van der Waals surface area contributed by atoms with Gasteiger partial charge in [-0.1, -0.05) is 0 Å². The van der Waals surface area contributed by atoms with Crippen LogP contribution >= 0.6 is 15.9 Å². The van der Waals surface area contributed by atoms with Crippen molar-refractivity contribution in [1.82, 2.24) is 0 Å². The predicted molar refractivity (Wildman–Crippen MR) is 83.4 cm³/mol. The lowest BCUT2D eigenvalue weighted by Gasteiger charge is -2.30. The summed E-state index contributed by atoms with van der Waals surface area (Å²) in [7, 11) is 0. The molecule has 22 heavy (non-hydrogen) atoms. The highest BCUT2D eigenvalue weighted by Gasteiger charge is 2.34. The number of carbonyl (C=O) groups is 1. The highest BCUT2D eigenvalue weighted by atomic mass is 79.9. The third-order valence-corrected chi connectivity index (χ3v) is 4.84. The van der Waals surface area contributed by atoms with Crippen molar-refractivity contribution in [1.29, 1.82) is 0 Å². The number of rotatable bonds is 3. The van der Waals surface area contributed by atoms with Gasteiger partial charge in [0.25, 0.3) is 0 Å². The number of aliphatic hydroxyl groups excluding tert-OH is 1. The summed E-state index contributed by atoms with van der Waals surface area (Å²) in [6.07, 6.45) is 1.99. The van der Waals surface area contributed by atoms with Crippen LogP contribution in [0.5, 0.6) is 11.5 Å². The summed E-state index contributed by atoms with van der Waals surface area (Å²) in [5, 5.41) is 10.5. The maximum atomic E-state index is 12.0. The lowest BCUT2D eigenvalue weighted by atomic mass is 9.90. The molecule has 2 heterocycles. The standard InChI is InChI=1S/C16H19BrO5/c1-2-20-16(19)13(18)11-9-5-3-8-22-15(9)12(17)10-6-4-7-21-14(10)11/h13,18H,2-8H2,1H3. The first-order chi connectivity index (χ1) is 10.6. The Balaban J connectivity index is 2.16. The van der Waals surface area contributed by atoms with Crippen LogP contribution in [0.15, 0.2) is 4.47 Å². The van der Waals surface area contributed by atoms with Crippen molar-refractivity contribution >= 4 is 21.9 Å². The van der Waals surface area contributed by atoms with E-state index in [2.05, 4.69) is 15.9 Å². The fourth-order valence-electron chi connectivity index (χ4n) is 3.05. The number of aliphatic hydroxyl groups is 1. The second kappa shape index (κ2) is 6.46. The molecule has 1 unspecified atom stereocenters.